The van der Waals surface area contributed by atoms with Gasteiger partial charge in [0, 0.05) is 12.1 Å². The summed E-state index contributed by atoms with van der Waals surface area (Å²) in [5.74, 6) is -0.653. The molecule has 0 saturated carbocycles. The molecule has 0 radical (unpaired) electrons. The summed E-state index contributed by atoms with van der Waals surface area (Å²) in [4.78, 5) is 27.4. The molecule has 7 nitrogen and oxygen atoms in total. The molecule has 1 fully saturated rings. The molecule has 8 heteroatoms. The van der Waals surface area contributed by atoms with Gasteiger partial charge in [0.15, 0.2) is 0 Å². The predicted molar refractivity (Wildman–Crippen MR) is 126 cm³/mol. The molecule has 0 spiro atoms. The van der Waals surface area contributed by atoms with Gasteiger partial charge in [0.2, 0.25) is 0 Å². The fourth-order valence-corrected chi connectivity index (χ4v) is 3.98. The van der Waals surface area contributed by atoms with Gasteiger partial charge >= 0.3 is 0 Å². The van der Waals surface area contributed by atoms with Gasteiger partial charge in [-0.3, -0.25) is 9.59 Å². The van der Waals surface area contributed by atoms with Gasteiger partial charge in [-0.1, -0.05) is 23.7 Å². The number of carbonyl (C=O) groups is 2. The summed E-state index contributed by atoms with van der Waals surface area (Å²) >= 11 is 6.22. The van der Waals surface area contributed by atoms with Crippen molar-refractivity contribution in [3.63, 3.8) is 0 Å². The number of methoxy groups -OCH3 is 1. The summed E-state index contributed by atoms with van der Waals surface area (Å²) < 4.78 is 16.3. The molecule has 3 rings (SSSR count). The molecular formula is C25H28ClNO6. The van der Waals surface area contributed by atoms with E-state index >= 15 is 0 Å². The van der Waals surface area contributed by atoms with E-state index in [9.17, 15) is 14.7 Å². The van der Waals surface area contributed by atoms with E-state index in [-0.39, 0.29) is 35.6 Å². The number of ether oxygens (including phenoxy) is 3. The first-order valence-corrected chi connectivity index (χ1v) is 11.1. The number of hydrogen-bond acceptors (Lipinski definition) is 6. The maximum Gasteiger partial charge on any atom is 0.295 e. The van der Waals surface area contributed by atoms with Crippen molar-refractivity contribution in [3.05, 3.63) is 64.2 Å². The smallest absolute Gasteiger partial charge is 0.295 e. The Labute approximate surface area is 198 Å². The van der Waals surface area contributed by atoms with Gasteiger partial charge in [0.05, 0.1) is 43.1 Å². The molecule has 1 atom stereocenters. The molecule has 176 valence electrons. The minimum Gasteiger partial charge on any atom is -0.507 e. The zero-order valence-corrected chi connectivity index (χ0v) is 19.9. The normalized spacial score (nSPS) is 17.6. The van der Waals surface area contributed by atoms with Gasteiger partial charge in [-0.2, -0.15) is 0 Å². The largest absolute Gasteiger partial charge is 0.507 e. The van der Waals surface area contributed by atoms with Crippen LogP contribution < -0.4 is 9.47 Å². The molecule has 2 aromatic rings. The molecule has 2 aromatic carbocycles. The van der Waals surface area contributed by atoms with Crippen molar-refractivity contribution >= 4 is 29.1 Å². The Morgan fingerprint density at radius 2 is 1.85 bits per heavy atom. The van der Waals surface area contributed by atoms with E-state index in [1.54, 1.807) is 36.4 Å². The Morgan fingerprint density at radius 3 is 2.42 bits per heavy atom. The summed E-state index contributed by atoms with van der Waals surface area (Å²) in [7, 11) is 1.48. The molecule has 1 aliphatic heterocycles. The van der Waals surface area contributed by atoms with Crippen molar-refractivity contribution in [3.8, 4) is 11.5 Å². The number of likely N-dealkylation sites (tertiary alicyclic amines) is 1. The minimum absolute atomic E-state index is 0.00468. The Hall–Kier alpha value is -3.03. The summed E-state index contributed by atoms with van der Waals surface area (Å²) in [5, 5.41) is 11.4. The molecule has 1 heterocycles. The number of halogens is 1. The minimum atomic E-state index is -0.780. The van der Waals surface area contributed by atoms with Crippen LogP contribution >= 0.6 is 11.6 Å². The van der Waals surface area contributed by atoms with E-state index < -0.39 is 17.7 Å². The van der Waals surface area contributed by atoms with Crippen molar-refractivity contribution in [2.75, 3.05) is 26.9 Å². The van der Waals surface area contributed by atoms with Crippen molar-refractivity contribution in [1.82, 2.24) is 4.90 Å². The Balaban J connectivity index is 2.08. The highest BCUT2D eigenvalue weighted by Gasteiger charge is 2.46. The van der Waals surface area contributed by atoms with Gasteiger partial charge in [-0.05, 0) is 56.7 Å². The number of aliphatic hydroxyl groups is 1. The summed E-state index contributed by atoms with van der Waals surface area (Å²) in [6.45, 7) is 6.64. The maximum absolute atomic E-state index is 13.1. The fourth-order valence-electron chi connectivity index (χ4n) is 3.73. The number of benzene rings is 2. The van der Waals surface area contributed by atoms with Crippen LogP contribution in [0.25, 0.3) is 5.76 Å². The molecule has 1 saturated heterocycles. The first kappa shape index (κ1) is 24.6. The van der Waals surface area contributed by atoms with Crippen molar-refractivity contribution in [2.24, 2.45) is 0 Å². The summed E-state index contributed by atoms with van der Waals surface area (Å²) in [5.41, 5.74) is 0.978. The fraction of sp³-hybridized carbons (Fsp3) is 0.360. The molecule has 0 aliphatic carbocycles. The molecule has 1 N–H and O–H groups in total. The SMILES string of the molecule is CCOc1ccc(C2/C(=C(/O)c3ccc(OC)c(Cl)c3)C(=O)C(=O)N2CCOC(C)C)cc1. The van der Waals surface area contributed by atoms with Crippen molar-refractivity contribution in [2.45, 2.75) is 32.9 Å². The third-order valence-electron chi connectivity index (χ3n) is 5.26. The van der Waals surface area contributed by atoms with Crippen LogP contribution in [0.4, 0.5) is 0 Å². The molecular weight excluding hydrogens is 446 g/mol. The molecule has 33 heavy (non-hydrogen) atoms. The van der Waals surface area contributed by atoms with Crippen LogP contribution in [-0.2, 0) is 14.3 Å². The van der Waals surface area contributed by atoms with Crippen LogP contribution in [0, 0.1) is 0 Å². The number of Topliss-reactive ketones (excluding diaryl/α,β-unsaturated/α-hetero) is 1. The zero-order chi connectivity index (χ0) is 24.1. The molecule has 1 amide bonds. The third kappa shape index (κ3) is 5.31. The summed E-state index contributed by atoms with van der Waals surface area (Å²) in [6, 6.07) is 11.0. The van der Waals surface area contributed by atoms with E-state index in [1.165, 1.54) is 18.1 Å². The van der Waals surface area contributed by atoms with Crippen LogP contribution in [0.3, 0.4) is 0 Å². The van der Waals surface area contributed by atoms with Gasteiger partial charge < -0.3 is 24.2 Å². The Morgan fingerprint density at radius 1 is 1.15 bits per heavy atom. The van der Waals surface area contributed by atoms with Gasteiger partial charge in [0.1, 0.15) is 17.3 Å². The quantitative estimate of drug-likeness (QED) is 0.325. The molecule has 1 unspecified atom stereocenters. The lowest BCUT2D eigenvalue weighted by Gasteiger charge is -2.26. The lowest BCUT2D eigenvalue weighted by Crippen LogP contribution is -2.33. The lowest BCUT2D eigenvalue weighted by atomic mass is 9.95. The highest BCUT2D eigenvalue weighted by atomic mass is 35.5. The number of rotatable bonds is 9. The number of amides is 1. The van der Waals surface area contributed by atoms with Gasteiger partial charge in [0.25, 0.3) is 11.7 Å². The van der Waals surface area contributed by atoms with Crippen molar-refractivity contribution < 1.29 is 28.9 Å². The van der Waals surface area contributed by atoms with Crippen molar-refractivity contribution in [1.29, 1.82) is 0 Å². The maximum atomic E-state index is 13.1. The second-order valence-corrected chi connectivity index (χ2v) is 8.17. The Kier molecular flexibility index (Phi) is 8.00. The average Bonchev–Trinajstić information content (AvgIpc) is 3.04. The molecule has 0 aromatic heterocycles. The molecule has 1 aliphatic rings. The zero-order valence-electron chi connectivity index (χ0n) is 19.1. The van der Waals surface area contributed by atoms with E-state index in [0.29, 0.717) is 29.2 Å². The Bertz CT molecular complexity index is 1050. The highest BCUT2D eigenvalue weighted by molar-refractivity contribution is 6.46. The second kappa shape index (κ2) is 10.7. The standard InChI is InChI=1S/C25H28ClNO6/c1-5-32-18-9-6-16(7-10-18)22-21(23(28)17-8-11-20(31-4)19(26)14-17)24(29)25(30)27(22)12-13-33-15(2)3/h6-11,14-15,22,28H,5,12-13H2,1-4H3/b23-21-. The van der Waals surface area contributed by atoms with Crippen LogP contribution in [-0.4, -0.2) is 54.7 Å². The number of aliphatic hydroxyl groups excluding tert-OH is 1. The van der Waals surface area contributed by atoms with E-state index in [4.69, 9.17) is 25.8 Å². The van der Waals surface area contributed by atoms with Crippen LogP contribution in [0.15, 0.2) is 48.0 Å². The lowest BCUT2D eigenvalue weighted by molar-refractivity contribution is -0.140. The van der Waals surface area contributed by atoms with Crippen LogP contribution in [0.5, 0.6) is 11.5 Å². The topological polar surface area (TPSA) is 85.3 Å². The third-order valence-corrected chi connectivity index (χ3v) is 5.55. The number of carbonyl (C=O) groups excluding carboxylic acids is 2. The summed E-state index contributed by atoms with van der Waals surface area (Å²) in [6.07, 6.45) is -0.0211. The first-order chi connectivity index (χ1) is 15.8. The predicted octanol–water partition coefficient (Wildman–Crippen LogP) is 4.59. The van der Waals surface area contributed by atoms with Gasteiger partial charge in [-0.25, -0.2) is 0 Å². The monoisotopic (exact) mass is 473 g/mol. The second-order valence-electron chi connectivity index (χ2n) is 7.76. The van der Waals surface area contributed by atoms with E-state index in [2.05, 4.69) is 0 Å². The average molecular weight is 474 g/mol. The van der Waals surface area contributed by atoms with Crippen LogP contribution in [0.2, 0.25) is 5.02 Å². The number of hydrogen-bond donors (Lipinski definition) is 1. The van der Waals surface area contributed by atoms with Gasteiger partial charge in [-0.15, -0.1) is 0 Å². The highest BCUT2D eigenvalue weighted by Crippen LogP contribution is 2.40. The first-order valence-electron chi connectivity index (χ1n) is 10.7. The number of ketones is 1. The molecule has 0 bridgehead atoms. The van der Waals surface area contributed by atoms with E-state index in [1.807, 2.05) is 20.8 Å². The van der Waals surface area contributed by atoms with E-state index in [0.717, 1.165) is 0 Å². The number of nitrogens with zero attached hydrogens (tertiary/aromatic N) is 1. The van der Waals surface area contributed by atoms with Crippen LogP contribution in [0.1, 0.15) is 37.9 Å².